The van der Waals surface area contributed by atoms with Crippen molar-refractivity contribution in [2.24, 2.45) is 0 Å². The van der Waals surface area contributed by atoms with Crippen molar-refractivity contribution in [1.29, 1.82) is 0 Å². The van der Waals surface area contributed by atoms with Crippen LogP contribution in [-0.2, 0) is 9.63 Å². The zero-order chi connectivity index (χ0) is 12.1. The van der Waals surface area contributed by atoms with E-state index in [9.17, 15) is 14.9 Å². The Hall–Kier alpha value is -1.37. The molecule has 1 unspecified atom stereocenters. The average Bonchev–Trinajstić information content (AvgIpc) is 2.20. The molecular weight excluding hydrogens is 216 g/mol. The van der Waals surface area contributed by atoms with Gasteiger partial charge in [0.25, 0.3) is 5.09 Å². The second-order valence-electron chi connectivity index (χ2n) is 3.99. The highest BCUT2D eigenvalue weighted by Gasteiger charge is 2.25. The number of hydrogen-bond acceptors (Lipinski definition) is 5. The van der Waals surface area contributed by atoms with Gasteiger partial charge in [-0.3, -0.25) is 4.79 Å². The smallest absolute Gasteiger partial charge is 0.294 e. The van der Waals surface area contributed by atoms with Crippen LogP contribution in [0.5, 0.6) is 0 Å². The van der Waals surface area contributed by atoms with Crippen LogP contribution in [0.1, 0.15) is 32.6 Å². The lowest BCUT2D eigenvalue weighted by molar-refractivity contribution is -0.769. The van der Waals surface area contributed by atoms with E-state index < -0.39 is 17.1 Å². The fourth-order valence-electron chi connectivity index (χ4n) is 1.76. The van der Waals surface area contributed by atoms with Crippen molar-refractivity contribution in [3.8, 4) is 0 Å². The fraction of sp³-hybridized carbons (Fsp3) is 0.889. The highest BCUT2D eigenvalue weighted by atomic mass is 17.0. The van der Waals surface area contributed by atoms with E-state index in [1.807, 2.05) is 0 Å². The molecule has 1 atom stereocenters. The highest BCUT2D eigenvalue weighted by Crippen LogP contribution is 2.21. The third-order valence-corrected chi connectivity index (χ3v) is 2.64. The number of aliphatic hydroxyl groups is 1. The molecule has 2 N–H and O–H groups in total. The molecule has 0 bridgehead atoms. The molecule has 1 saturated carbocycles. The second-order valence-corrected chi connectivity index (χ2v) is 3.99. The van der Waals surface area contributed by atoms with Gasteiger partial charge in [0, 0.05) is 6.04 Å². The van der Waals surface area contributed by atoms with Gasteiger partial charge in [0.2, 0.25) is 5.91 Å². The summed E-state index contributed by atoms with van der Waals surface area (Å²) in [7, 11) is 0. The average molecular weight is 232 g/mol. The maximum atomic E-state index is 11.2. The summed E-state index contributed by atoms with van der Waals surface area (Å²) in [5, 5.41) is 21.0. The molecule has 0 aromatic carbocycles. The van der Waals surface area contributed by atoms with Crippen molar-refractivity contribution in [1.82, 2.24) is 5.32 Å². The van der Waals surface area contributed by atoms with Gasteiger partial charge in [0.15, 0.2) is 0 Å². The molecule has 0 aromatic heterocycles. The van der Waals surface area contributed by atoms with Gasteiger partial charge in [0.1, 0.15) is 12.2 Å². The van der Waals surface area contributed by atoms with Crippen LogP contribution in [0, 0.1) is 10.1 Å². The minimum atomic E-state index is -1.02. The Bertz CT molecular complexity index is 261. The molecular formula is C9H16N2O5. The van der Waals surface area contributed by atoms with Gasteiger partial charge in [-0.15, -0.1) is 10.1 Å². The lowest BCUT2D eigenvalue weighted by Crippen LogP contribution is -2.43. The summed E-state index contributed by atoms with van der Waals surface area (Å²) in [6.45, 7) is 1.40. The fourth-order valence-corrected chi connectivity index (χ4v) is 1.76. The molecule has 0 radical (unpaired) electrons. The van der Waals surface area contributed by atoms with Crippen molar-refractivity contribution >= 4 is 5.91 Å². The Labute approximate surface area is 92.9 Å². The van der Waals surface area contributed by atoms with Crippen LogP contribution in [0.15, 0.2) is 0 Å². The van der Waals surface area contributed by atoms with E-state index in [4.69, 9.17) is 5.11 Å². The SMILES string of the molecule is CC(O)C(=O)N[C@H]1CC[C@H](O[N+](=O)[O-])CC1. The van der Waals surface area contributed by atoms with Crippen LogP contribution >= 0.6 is 0 Å². The summed E-state index contributed by atoms with van der Waals surface area (Å²) in [5.41, 5.74) is 0. The molecule has 1 amide bonds. The topological polar surface area (TPSA) is 102 Å². The normalized spacial score (nSPS) is 26.9. The van der Waals surface area contributed by atoms with E-state index in [0.717, 1.165) is 0 Å². The number of rotatable bonds is 4. The Morgan fingerprint density at radius 2 is 2.06 bits per heavy atom. The maximum Gasteiger partial charge on any atom is 0.294 e. The van der Waals surface area contributed by atoms with E-state index in [-0.39, 0.29) is 12.1 Å². The van der Waals surface area contributed by atoms with Gasteiger partial charge < -0.3 is 15.3 Å². The standard InChI is InChI=1S/C9H16N2O5/c1-6(12)9(13)10-7-2-4-8(5-3-7)16-11(14)15/h6-8,12H,2-5H2,1H3,(H,10,13)/t6?,7-,8-. The molecule has 1 aliphatic carbocycles. The van der Waals surface area contributed by atoms with Crippen LogP contribution in [0.2, 0.25) is 0 Å². The zero-order valence-electron chi connectivity index (χ0n) is 9.09. The van der Waals surface area contributed by atoms with Gasteiger partial charge in [-0.2, -0.15) is 0 Å². The van der Waals surface area contributed by atoms with Crippen molar-refractivity contribution in [2.45, 2.75) is 50.9 Å². The quantitative estimate of drug-likeness (QED) is 0.525. The summed E-state index contributed by atoms with van der Waals surface area (Å²) in [4.78, 5) is 25.7. The summed E-state index contributed by atoms with van der Waals surface area (Å²) in [6.07, 6.45) is 0.980. The van der Waals surface area contributed by atoms with Crippen LogP contribution in [-0.4, -0.2) is 34.4 Å². The van der Waals surface area contributed by atoms with E-state index in [0.29, 0.717) is 25.7 Å². The Morgan fingerprint density at radius 3 is 2.50 bits per heavy atom. The Balaban J connectivity index is 2.27. The first-order chi connectivity index (χ1) is 7.49. The molecule has 1 fully saturated rings. The highest BCUT2D eigenvalue weighted by molar-refractivity contribution is 5.80. The van der Waals surface area contributed by atoms with Gasteiger partial charge in [-0.05, 0) is 32.6 Å². The summed E-state index contributed by atoms with van der Waals surface area (Å²) in [6, 6.07) is -0.0197. The number of nitrogens with zero attached hydrogens (tertiary/aromatic N) is 1. The van der Waals surface area contributed by atoms with Crippen LogP contribution in [0.4, 0.5) is 0 Å². The molecule has 0 aliphatic heterocycles. The molecule has 16 heavy (non-hydrogen) atoms. The molecule has 0 saturated heterocycles. The second kappa shape index (κ2) is 5.64. The molecule has 92 valence electrons. The van der Waals surface area contributed by atoms with E-state index in [1.54, 1.807) is 0 Å². The summed E-state index contributed by atoms with van der Waals surface area (Å²) >= 11 is 0. The van der Waals surface area contributed by atoms with Crippen LogP contribution in [0.25, 0.3) is 0 Å². The van der Waals surface area contributed by atoms with Gasteiger partial charge in [-0.1, -0.05) is 0 Å². The number of carbonyl (C=O) groups excluding carboxylic acids is 1. The molecule has 0 heterocycles. The zero-order valence-corrected chi connectivity index (χ0v) is 9.09. The third kappa shape index (κ3) is 4.01. The van der Waals surface area contributed by atoms with Crippen LogP contribution < -0.4 is 5.32 Å². The van der Waals surface area contributed by atoms with Crippen molar-refractivity contribution in [3.05, 3.63) is 10.1 Å². The predicted molar refractivity (Wildman–Crippen MR) is 53.9 cm³/mol. The number of hydrogen-bond donors (Lipinski definition) is 2. The van der Waals surface area contributed by atoms with E-state index in [1.165, 1.54) is 6.92 Å². The van der Waals surface area contributed by atoms with E-state index >= 15 is 0 Å². The van der Waals surface area contributed by atoms with Crippen LogP contribution in [0.3, 0.4) is 0 Å². The van der Waals surface area contributed by atoms with Gasteiger partial charge >= 0.3 is 0 Å². The van der Waals surface area contributed by atoms with Gasteiger partial charge in [-0.25, -0.2) is 0 Å². The largest absolute Gasteiger partial charge is 0.384 e. The van der Waals surface area contributed by atoms with Crippen molar-refractivity contribution in [2.75, 3.05) is 0 Å². The van der Waals surface area contributed by atoms with E-state index in [2.05, 4.69) is 10.2 Å². The molecule has 1 aliphatic rings. The molecule has 0 spiro atoms. The van der Waals surface area contributed by atoms with Crippen molar-refractivity contribution < 1.29 is 19.8 Å². The minimum Gasteiger partial charge on any atom is -0.384 e. The number of carbonyl (C=O) groups is 1. The lowest BCUT2D eigenvalue weighted by Gasteiger charge is -2.27. The molecule has 7 nitrogen and oxygen atoms in total. The maximum absolute atomic E-state index is 11.2. The first-order valence-electron chi connectivity index (χ1n) is 5.28. The lowest BCUT2D eigenvalue weighted by atomic mass is 9.93. The van der Waals surface area contributed by atoms with Gasteiger partial charge in [0.05, 0.1) is 0 Å². The Morgan fingerprint density at radius 1 is 1.50 bits per heavy atom. The van der Waals surface area contributed by atoms with Crippen molar-refractivity contribution in [3.63, 3.8) is 0 Å². The minimum absolute atomic E-state index is 0.0197. The number of aliphatic hydroxyl groups excluding tert-OH is 1. The number of nitrogens with one attached hydrogen (secondary N) is 1. The molecule has 7 heteroatoms. The first-order valence-corrected chi connectivity index (χ1v) is 5.28. The summed E-state index contributed by atoms with van der Waals surface area (Å²) in [5.74, 6) is -0.404. The predicted octanol–water partition coefficient (Wildman–Crippen LogP) is 0.00290. The Kier molecular flexibility index (Phi) is 4.48. The molecule has 1 rings (SSSR count). The summed E-state index contributed by atoms with van der Waals surface area (Å²) < 4.78 is 0. The molecule has 0 aromatic rings. The third-order valence-electron chi connectivity index (χ3n) is 2.64. The monoisotopic (exact) mass is 232 g/mol. The number of amides is 1. The first kappa shape index (κ1) is 12.7.